The Hall–Kier alpha value is -6.86. The van der Waals surface area contributed by atoms with E-state index < -0.39 is 0 Å². The van der Waals surface area contributed by atoms with Gasteiger partial charge in [0, 0.05) is 90.5 Å². The molecule has 0 spiro atoms. The topological polar surface area (TPSA) is 74.8 Å². The van der Waals surface area contributed by atoms with Crippen LogP contribution in [0.25, 0.3) is 0 Å². The number of carbonyl (C=O) groups is 4. The second-order valence-corrected chi connectivity index (χ2v) is 17.1. The van der Waals surface area contributed by atoms with Gasteiger partial charge < -0.3 is 4.90 Å². The van der Waals surface area contributed by atoms with Crippen LogP contribution in [0, 0.1) is 23.7 Å². The third kappa shape index (κ3) is 10.3. The van der Waals surface area contributed by atoms with Crippen LogP contribution < -0.4 is 0 Å². The van der Waals surface area contributed by atoms with Gasteiger partial charge in [0.15, 0.2) is 23.1 Å². The van der Waals surface area contributed by atoms with Crippen LogP contribution in [0.1, 0.15) is 70.0 Å². The van der Waals surface area contributed by atoms with Gasteiger partial charge in [-0.2, -0.15) is 0 Å². The molecule has 64 heavy (non-hydrogen) atoms. The van der Waals surface area contributed by atoms with Crippen molar-refractivity contribution < 1.29 is 19.2 Å². The van der Waals surface area contributed by atoms with Gasteiger partial charge in [0.25, 0.3) is 0 Å². The fourth-order valence-electron chi connectivity index (χ4n) is 9.89. The minimum Gasteiger partial charge on any atom is -0.305 e. The molecule has 2 heterocycles. The number of carbonyl (C=O) groups excluding carboxylic acids is 4. The maximum Gasteiger partial charge on any atom is 0.167 e. The van der Waals surface area contributed by atoms with Crippen molar-refractivity contribution in [3.8, 4) is 0 Å². The zero-order valence-electron chi connectivity index (χ0n) is 36.2. The molecule has 7 aromatic rings. The van der Waals surface area contributed by atoms with Gasteiger partial charge in [-0.15, -0.1) is 0 Å². The lowest BCUT2D eigenvalue weighted by Gasteiger charge is -2.43. The molecule has 320 valence electrons. The predicted molar refractivity (Wildman–Crippen MR) is 255 cm³/mol. The van der Waals surface area contributed by atoms with E-state index in [1.807, 2.05) is 195 Å². The van der Waals surface area contributed by atoms with Crippen LogP contribution in [0.2, 0.25) is 0 Å². The molecule has 6 heteroatoms. The van der Waals surface area contributed by atoms with E-state index in [9.17, 15) is 19.2 Å². The molecule has 4 atom stereocenters. The average Bonchev–Trinajstić information content (AvgIpc) is 3.37. The Balaban J connectivity index is 0.000000178. The van der Waals surface area contributed by atoms with Crippen LogP contribution in [0.3, 0.4) is 0 Å². The number of likely N-dealkylation sites (tertiary alicyclic amines) is 2. The van der Waals surface area contributed by atoms with Crippen molar-refractivity contribution in [2.45, 2.75) is 18.4 Å². The SMILES string of the molecule is CN1CC(C(=O)c2ccccc2)C(c2ccccc2)C(C(=O)c2ccccc2)C1.O=C(c1ccccc1)C1CN(Cc2ccccc2)CC(C(=O)c2ccccc2)C1c1ccccc1. The summed E-state index contributed by atoms with van der Waals surface area (Å²) in [6, 6.07) is 68.3. The Labute approximate surface area is 377 Å². The van der Waals surface area contributed by atoms with Crippen molar-refractivity contribution in [2.75, 3.05) is 33.2 Å². The van der Waals surface area contributed by atoms with Crippen molar-refractivity contribution in [1.29, 1.82) is 0 Å². The fourth-order valence-corrected chi connectivity index (χ4v) is 9.89. The van der Waals surface area contributed by atoms with E-state index in [2.05, 4.69) is 34.1 Å². The van der Waals surface area contributed by atoms with Gasteiger partial charge >= 0.3 is 0 Å². The molecule has 0 amide bonds. The molecular weight excluding hydrogens is 789 g/mol. The molecule has 6 nitrogen and oxygen atoms in total. The van der Waals surface area contributed by atoms with Crippen LogP contribution in [0.5, 0.6) is 0 Å². The Morgan fingerprint density at radius 2 is 0.609 bits per heavy atom. The highest BCUT2D eigenvalue weighted by atomic mass is 16.1. The van der Waals surface area contributed by atoms with Gasteiger partial charge in [0.1, 0.15) is 0 Å². The van der Waals surface area contributed by atoms with E-state index in [4.69, 9.17) is 0 Å². The van der Waals surface area contributed by atoms with E-state index in [0.29, 0.717) is 55.0 Å². The number of ketones is 4. The summed E-state index contributed by atoms with van der Waals surface area (Å²) in [7, 11) is 2.00. The van der Waals surface area contributed by atoms with Crippen LogP contribution in [0.4, 0.5) is 0 Å². The zero-order valence-corrected chi connectivity index (χ0v) is 36.2. The molecule has 0 aromatic heterocycles. The maximum absolute atomic E-state index is 13.9. The third-order valence-corrected chi connectivity index (χ3v) is 12.9. The van der Waals surface area contributed by atoms with Crippen molar-refractivity contribution in [1.82, 2.24) is 9.80 Å². The van der Waals surface area contributed by atoms with E-state index >= 15 is 0 Å². The van der Waals surface area contributed by atoms with Crippen LogP contribution >= 0.6 is 0 Å². The molecular formula is C58H54N2O4. The number of hydrogen-bond acceptors (Lipinski definition) is 6. The molecule has 2 saturated heterocycles. The van der Waals surface area contributed by atoms with Crippen LogP contribution in [0.15, 0.2) is 212 Å². The summed E-state index contributed by atoms with van der Waals surface area (Å²) < 4.78 is 0. The number of piperidine rings is 2. The number of rotatable bonds is 12. The van der Waals surface area contributed by atoms with Gasteiger partial charge in [-0.05, 0) is 23.7 Å². The molecule has 2 fully saturated rings. The summed E-state index contributed by atoms with van der Waals surface area (Å²) in [6.07, 6.45) is 0. The van der Waals surface area contributed by atoms with Gasteiger partial charge in [-0.25, -0.2) is 0 Å². The predicted octanol–water partition coefficient (Wildman–Crippen LogP) is 11.0. The van der Waals surface area contributed by atoms with E-state index in [1.165, 1.54) is 5.56 Å². The lowest BCUT2D eigenvalue weighted by Crippen LogP contribution is -2.50. The summed E-state index contributed by atoms with van der Waals surface area (Å²) in [5.41, 5.74) is 6.11. The van der Waals surface area contributed by atoms with Gasteiger partial charge in [-0.3, -0.25) is 24.1 Å². The first kappa shape index (κ1) is 43.8. The molecule has 7 aromatic carbocycles. The standard InChI is InChI=1S/C32H29NO2.C26H25NO2/c34-31(26-17-9-3-10-18-26)28-22-33(21-24-13-5-1-6-14-24)23-29(30(28)25-15-7-2-8-16-25)32(35)27-19-11-4-12-20-27;1-27-17-22(25(28)20-13-7-3-8-14-20)24(19-11-5-2-6-12-19)23(18-27)26(29)21-15-9-4-10-16-21/h1-20,28-30H,21-23H2;2-16,22-24H,17-18H2,1H3. The first-order valence-electron chi connectivity index (χ1n) is 22.3. The normalized spacial score (nSPS) is 21.1. The number of Topliss-reactive ketones (excluding diaryl/α,β-unsaturated/α-hetero) is 4. The minimum absolute atomic E-state index is 0.100. The second kappa shape index (κ2) is 21.0. The minimum atomic E-state index is -0.324. The van der Waals surface area contributed by atoms with Crippen LogP contribution in [-0.4, -0.2) is 66.2 Å². The quantitative estimate of drug-likeness (QED) is 0.114. The molecule has 0 aliphatic carbocycles. The van der Waals surface area contributed by atoms with E-state index in [0.717, 1.165) is 11.1 Å². The first-order chi connectivity index (χ1) is 31.4. The van der Waals surface area contributed by atoms with Crippen molar-refractivity contribution in [2.24, 2.45) is 23.7 Å². The molecule has 4 unspecified atom stereocenters. The Kier molecular flexibility index (Phi) is 14.4. The van der Waals surface area contributed by atoms with Crippen molar-refractivity contribution in [3.63, 3.8) is 0 Å². The van der Waals surface area contributed by atoms with E-state index in [-0.39, 0.29) is 58.6 Å². The number of hydrogen-bond donors (Lipinski definition) is 0. The first-order valence-corrected chi connectivity index (χ1v) is 22.3. The zero-order chi connectivity index (χ0) is 44.3. The molecule has 9 rings (SSSR count). The highest BCUT2D eigenvalue weighted by molar-refractivity contribution is 6.03. The summed E-state index contributed by atoms with van der Waals surface area (Å²) >= 11 is 0. The second-order valence-electron chi connectivity index (χ2n) is 17.1. The smallest absolute Gasteiger partial charge is 0.167 e. The summed E-state index contributed by atoms with van der Waals surface area (Å²) in [5.74, 6) is -1.10. The summed E-state index contributed by atoms with van der Waals surface area (Å²) in [5, 5.41) is 0. The lowest BCUT2D eigenvalue weighted by atomic mass is 9.68. The summed E-state index contributed by atoms with van der Waals surface area (Å²) in [6.45, 7) is 3.22. The molecule has 2 aliphatic heterocycles. The van der Waals surface area contributed by atoms with Crippen molar-refractivity contribution in [3.05, 3.63) is 251 Å². The molecule has 0 bridgehead atoms. The van der Waals surface area contributed by atoms with Gasteiger partial charge in [0.05, 0.1) is 0 Å². The summed E-state index contributed by atoms with van der Waals surface area (Å²) in [4.78, 5) is 59.3. The highest BCUT2D eigenvalue weighted by Gasteiger charge is 2.46. The third-order valence-electron chi connectivity index (χ3n) is 12.9. The Morgan fingerprint density at radius 3 is 0.906 bits per heavy atom. The number of nitrogens with zero attached hydrogens (tertiary/aromatic N) is 2. The lowest BCUT2D eigenvalue weighted by molar-refractivity contribution is 0.0554. The van der Waals surface area contributed by atoms with Gasteiger partial charge in [-0.1, -0.05) is 212 Å². The molecule has 0 radical (unpaired) electrons. The molecule has 0 saturated carbocycles. The fraction of sp³-hybridized carbons (Fsp3) is 0.207. The number of benzene rings is 7. The van der Waals surface area contributed by atoms with E-state index in [1.54, 1.807) is 0 Å². The molecule has 2 aliphatic rings. The molecule has 0 N–H and O–H groups in total. The highest BCUT2D eigenvalue weighted by Crippen LogP contribution is 2.42. The monoisotopic (exact) mass is 842 g/mol. The van der Waals surface area contributed by atoms with Crippen molar-refractivity contribution >= 4 is 23.1 Å². The van der Waals surface area contributed by atoms with Crippen LogP contribution in [-0.2, 0) is 6.54 Å². The Morgan fingerprint density at radius 1 is 0.359 bits per heavy atom. The average molecular weight is 843 g/mol. The van der Waals surface area contributed by atoms with Gasteiger partial charge in [0.2, 0.25) is 0 Å². The maximum atomic E-state index is 13.9. The largest absolute Gasteiger partial charge is 0.305 e. The Bertz CT molecular complexity index is 2470.